The van der Waals surface area contributed by atoms with Gasteiger partial charge in [-0.25, -0.2) is 10.1 Å². The SMILES string of the molecule is NC(=O)CCCCCCCCCOOOO. The Morgan fingerprint density at radius 3 is 2.12 bits per heavy atom. The Hall–Kier alpha value is -0.690. The van der Waals surface area contributed by atoms with Crippen molar-refractivity contribution in [1.82, 2.24) is 0 Å². The van der Waals surface area contributed by atoms with E-state index < -0.39 is 0 Å². The van der Waals surface area contributed by atoms with Crippen LogP contribution in [0.1, 0.15) is 51.4 Å². The molecule has 1 amide bonds. The van der Waals surface area contributed by atoms with Crippen LogP contribution >= 0.6 is 0 Å². The van der Waals surface area contributed by atoms with Crippen LogP contribution in [0.25, 0.3) is 0 Å². The summed E-state index contributed by atoms with van der Waals surface area (Å²) < 4.78 is 0. The molecule has 0 aromatic rings. The first kappa shape index (κ1) is 15.3. The van der Waals surface area contributed by atoms with Crippen LogP contribution in [0.4, 0.5) is 0 Å². The molecule has 0 fully saturated rings. The van der Waals surface area contributed by atoms with Crippen LogP contribution < -0.4 is 5.73 Å². The molecular weight excluding hydrogens is 214 g/mol. The van der Waals surface area contributed by atoms with Gasteiger partial charge in [-0.15, -0.1) is 0 Å². The van der Waals surface area contributed by atoms with Crippen molar-refractivity contribution in [2.24, 2.45) is 5.73 Å². The molecule has 6 heteroatoms. The summed E-state index contributed by atoms with van der Waals surface area (Å²) in [6, 6.07) is 0. The lowest BCUT2D eigenvalue weighted by Gasteiger charge is -2.01. The summed E-state index contributed by atoms with van der Waals surface area (Å²) >= 11 is 0. The van der Waals surface area contributed by atoms with Gasteiger partial charge in [-0.2, -0.15) is 0 Å². The average molecular weight is 235 g/mol. The van der Waals surface area contributed by atoms with Crippen molar-refractivity contribution < 1.29 is 25.0 Å². The van der Waals surface area contributed by atoms with E-state index in [1.54, 1.807) is 0 Å². The van der Waals surface area contributed by atoms with E-state index in [0.717, 1.165) is 44.9 Å². The highest BCUT2D eigenvalue weighted by Gasteiger charge is 1.95. The van der Waals surface area contributed by atoms with E-state index in [1.807, 2.05) is 0 Å². The van der Waals surface area contributed by atoms with Crippen LogP contribution in [0.3, 0.4) is 0 Å². The lowest BCUT2D eigenvalue weighted by molar-refractivity contribution is -0.623. The number of hydrogen-bond donors (Lipinski definition) is 2. The summed E-state index contributed by atoms with van der Waals surface area (Å²) in [5.74, 6) is -0.219. The van der Waals surface area contributed by atoms with Gasteiger partial charge in [-0.3, -0.25) is 4.79 Å². The number of carbonyl (C=O) groups excluding carboxylic acids is 1. The first-order chi connectivity index (χ1) is 7.77. The van der Waals surface area contributed by atoms with Crippen molar-refractivity contribution in [3.63, 3.8) is 0 Å². The Balaban J connectivity index is 2.90. The van der Waals surface area contributed by atoms with Crippen molar-refractivity contribution in [3.8, 4) is 0 Å². The van der Waals surface area contributed by atoms with Gasteiger partial charge in [0.1, 0.15) is 0 Å². The largest absolute Gasteiger partial charge is 0.370 e. The van der Waals surface area contributed by atoms with E-state index in [2.05, 4.69) is 15.0 Å². The van der Waals surface area contributed by atoms with Crippen LogP contribution in [-0.2, 0) is 19.8 Å². The molecule has 0 radical (unpaired) electrons. The first-order valence-electron chi connectivity index (χ1n) is 5.65. The van der Waals surface area contributed by atoms with Gasteiger partial charge < -0.3 is 5.73 Å². The van der Waals surface area contributed by atoms with E-state index in [1.165, 1.54) is 0 Å². The summed E-state index contributed by atoms with van der Waals surface area (Å²) in [7, 11) is 0. The second kappa shape index (κ2) is 12.4. The summed E-state index contributed by atoms with van der Waals surface area (Å²) in [6.45, 7) is 0.405. The molecule has 0 aliphatic heterocycles. The monoisotopic (exact) mass is 235 g/mol. The zero-order valence-corrected chi connectivity index (χ0v) is 9.52. The Kier molecular flexibility index (Phi) is 11.8. The topological polar surface area (TPSA) is 91.0 Å². The zero-order valence-electron chi connectivity index (χ0n) is 9.52. The third-order valence-corrected chi connectivity index (χ3v) is 2.23. The smallest absolute Gasteiger partial charge is 0.217 e. The van der Waals surface area contributed by atoms with Crippen LogP contribution in [0.2, 0.25) is 0 Å². The first-order valence-corrected chi connectivity index (χ1v) is 5.65. The maximum absolute atomic E-state index is 10.4. The highest BCUT2D eigenvalue weighted by molar-refractivity contribution is 5.73. The Bertz CT molecular complexity index is 165. The molecule has 0 unspecified atom stereocenters. The quantitative estimate of drug-likeness (QED) is 0.306. The third-order valence-electron chi connectivity index (χ3n) is 2.23. The molecular formula is C10H21NO5. The number of nitrogens with two attached hydrogens (primary N) is 1. The lowest BCUT2D eigenvalue weighted by Crippen LogP contribution is -2.09. The van der Waals surface area contributed by atoms with Crippen molar-refractivity contribution in [1.29, 1.82) is 0 Å². The van der Waals surface area contributed by atoms with E-state index >= 15 is 0 Å². The molecule has 16 heavy (non-hydrogen) atoms. The van der Waals surface area contributed by atoms with Crippen molar-refractivity contribution in [3.05, 3.63) is 0 Å². The minimum Gasteiger partial charge on any atom is -0.370 e. The molecule has 6 nitrogen and oxygen atoms in total. The van der Waals surface area contributed by atoms with Crippen molar-refractivity contribution in [2.75, 3.05) is 6.61 Å². The molecule has 0 spiro atoms. The Morgan fingerprint density at radius 2 is 1.56 bits per heavy atom. The summed E-state index contributed by atoms with van der Waals surface area (Å²) in [6.07, 6.45) is 7.75. The van der Waals surface area contributed by atoms with Gasteiger partial charge in [0.25, 0.3) is 0 Å². The zero-order chi connectivity index (χ0) is 12.1. The van der Waals surface area contributed by atoms with Gasteiger partial charge >= 0.3 is 0 Å². The second-order valence-corrected chi connectivity index (χ2v) is 3.66. The van der Waals surface area contributed by atoms with Crippen molar-refractivity contribution >= 4 is 5.91 Å². The number of primary amides is 1. The van der Waals surface area contributed by atoms with Gasteiger partial charge in [0.15, 0.2) is 0 Å². The molecule has 0 rings (SSSR count). The molecule has 0 saturated carbocycles. The van der Waals surface area contributed by atoms with Gasteiger partial charge in [-0.05, 0) is 22.9 Å². The van der Waals surface area contributed by atoms with Crippen LogP contribution in [0, 0.1) is 0 Å². The van der Waals surface area contributed by atoms with Gasteiger partial charge in [0, 0.05) is 6.42 Å². The maximum atomic E-state index is 10.4. The molecule has 0 aromatic heterocycles. The number of rotatable bonds is 12. The van der Waals surface area contributed by atoms with Crippen molar-refractivity contribution in [2.45, 2.75) is 51.4 Å². The summed E-state index contributed by atoms with van der Waals surface area (Å²) in [5.41, 5.74) is 5.02. The van der Waals surface area contributed by atoms with Crippen LogP contribution in [-0.4, -0.2) is 17.8 Å². The number of hydrogen-bond acceptors (Lipinski definition) is 5. The Morgan fingerprint density at radius 1 is 1.00 bits per heavy atom. The number of amides is 1. The molecule has 0 aromatic carbocycles. The van der Waals surface area contributed by atoms with E-state index in [0.29, 0.717) is 13.0 Å². The third kappa shape index (κ3) is 13.3. The molecule has 96 valence electrons. The summed E-state index contributed by atoms with van der Waals surface area (Å²) in [4.78, 5) is 14.9. The van der Waals surface area contributed by atoms with Gasteiger partial charge in [0.2, 0.25) is 5.91 Å². The van der Waals surface area contributed by atoms with E-state index in [9.17, 15) is 4.79 Å². The summed E-state index contributed by atoms with van der Waals surface area (Å²) in [5, 5.41) is 14.8. The fraction of sp³-hybridized carbons (Fsp3) is 0.900. The Labute approximate surface area is 95.4 Å². The molecule has 0 aliphatic carbocycles. The minimum atomic E-state index is -0.219. The van der Waals surface area contributed by atoms with Crippen LogP contribution in [0.5, 0.6) is 0 Å². The number of unbranched alkanes of at least 4 members (excludes halogenated alkanes) is 6. The normalized spacial score (nSPS) is 10.6. The molecule has 3 N–H and O–H groups in total. The molecule has 0 atom stereocenters. The highest BCUT2D eigenvalue weighted by Crippen LogP contribution is 2.08. The number of carbonyl (C=O) groups is 1. The molecule has 0 bridgehead atoms. The molecule has 0 aliphatic rings. The highest BCUT2D eigenvalue weighted by atomic mass is 17.6. The predicted molar refractivity (Wildman–Crippen MR) is 56.9 cm³/mol. The predicted octanol–water partition coefficient (Wildman–Crippen LogP) is 1.95. The van der Waals surface area contributed by atoms with Gasteiger partial charge in [-0.1, -0.05) is 32.1 Å². The van der Waals surface area contributed by atoms with Gasteiger partial charge in [0.05, 0.1) is 6.61 Å². The fourth-order valence-corrected chi connectivity index (χ4v) is 1.40. The maximum Gasteiger partial charge on any atom is 0.217 e. The second-order valence-electron chi connectivity index (χ2n) is 3.66. The van der Waals surface area contributed by atoms with E-state index in [-0.39, 0.29) is 5.91 Å². The van der Waals surface area contributed by atoms with E-state index in [4.69, 9.17) is 11.0 Å². The van der Waals surface area contributed by atoms with Crippen LogP contribution in [0.15, 0.2) is 0 Å². The lowest BCUT2D eigenvalue weighted by atomic mass is 10.1. The average Bonchev–Trinajstić information content (AvgIpc) is 2.25. The molecule has 0 heterocycles. The standard InChI is InChI=1S/C10H21NO5/c11-10(12)8-6-4-2-1-3-5-7-9-14-16-15-13/h13H,1-9H2,(H2,11,12). The molecule has 0 saturated heterocycles. The fourth-order valence-electron chi connectivity index (χ4n) is 1.40. The minimum absolute atomic E-state index is 0.219.